The zero-order valence-corrected chi connectivity index (χ0v) is 16.7. The van der Waals surface area contributed by atoms with Crippen molar-refractivity contribution in [1.82, 2.24) is 0 Å². The number of rotatable bonds is 9. The molecule has 0 fully saturated rings. The summed E-state index contributed by atoms with van der Waals surface area (Å²) in [6.07, 6.45) is 0.969. The Hall–Kier alpha value is -1.29. The van der Waals surface area contributed by atoms with Crippen LogP contribution < -0.4 is 0 Å². The lowest BCUT2D eigenvalue weighted by Crippen LogP contribution is -2.23. The molecule has 0 aliphatic carbocycles. The first kappa shape index (κ1) is 21.0. The van der Waals surface area contributed by atoms with Crippen LogP contribution in [0.1, 0.15) is 56.9 Å². The predicted octanol–water partition coefficient (Wildman–Crippen LogP) is 8.12. The highest BCUT2D eigenvalue weighted by molar-refractivity contribution is 9.09. The second-order valence-electron chi connectivity index (χ2n) is 6.76. The zero-order chi connectivity index (χ0) is 19.0. The second-order valence-corrected chi connectivity index (χ2v) is 8.06. The first-order valence-corrected chi connectivity index (χ1v) is 10.2. The van der Waals surface area contributed by atoms with E-state index in [-0.39, 0.29) is 11.2 Å². The van der Waals surface area contributed by atoms with Crippen molar-refractivity contribution in [2.24, 2.45) is 0 Å². The summed E-state index contributed by atoms with van der Waals surface area (Å²) in [7, 11) is 0. The molecule has 0 amide bonds. The van der Waals surface area contributed by atoms with Crippen LogP contribution in [0.4, 0.5) is 13.2 Å². The summed E-state index contributed by atoms with van der Waals surface area (Å²) in [5, 5.41) is 0. The van der Waals surface area contributed by atoms with Crippen LogP contribution in [0.3, 0.4) is 0 Å². The summed E-state index contributed by atoms with van der Waals surface area (Å²) in [4.78, 5) is -0.111. The molecule has 0 saturated carbocycles. The Morgan fingerprint density at radius 3 is 2.04 bits per heavy atom. The number of unbranched alkanes of at least 4 members (excludes halogenated alkanes) is 3. The highest BCUT2D eigenvalue weighted by Gasteiger charge is 2.41. The molecule has 0 aliphatic heterocycles. The molecule has 0 spiro atoms. The van der Waals surface area contributed by atoms with E-state index < -0.39 is 12.1 Å². The van der Waals surface area contributed by atoms with Crippen LogP contribution in [0.25, 0.3) is 11.1 Å². The molecule has 4 heteroatoms. The molecule has 2 aromatic carbocycles. The van der Waals surface area contributed by atoms with E-state index in [9.17, 15) is 13.2 Å². The minimum atomic E-state index is -4.23. The standard InChI is InChI=1S/C22H26BrF3/c1-2-3-4-8-11-20(23)16-21(22(24,25)26)19-14-12-18(13-15-19)17-9-6-5-7-10-17/h5-7,9-10,12-15,20-21H,2-4,8,11,16H2,1H3/t20-,21+/m1/s1. The maximum Gasteiger partial charge on any atom is 0.395 e. The average Bonchev–Trinajstić information content (AvgIpc) is 2.63. The molecule has 0 radical (unpaired) electrons. The Bertz CT molecular complexity index is 635. The maximum absolute atomic E-state index is 13.6. The molecule has 0 aromatic heterocycles. The van der Waals surface area contributed by atoms with Crippen molar-refractivity contribution in [2.75, 3.05) is 0 Å². The molecule has 142 valence electrons. The van der Waals surface area contributed by atoms with Gasteiger partial charge < -0.3 is 0 Å². The van der Waals surface area contributed by atoms with Crippen LogP contribution in [-0.4, -0.2) is 11.0 Å². The smallest absolute Gasteiger partial charge is 0.170 e. The molecule has 0 nitrogen and oxygen atoms in total. The van der Waals surface area contributed by atoms with Gasteiger partial charge in [-0.15, -0.1) is 0 Å². The Morgan fingerprint density at radius 1 is 0.846 bits per heavy atom. The van der Waals surface area contributed by atoms with Crippen LogP contribution in [0, 0.1) is 0 Å². The van der Waals surface area contributed by atoms with Crippen molar-refractivity contribution in [3.8, 4) is 11.1 Å². The third-order valence-corrected chi connectivity index (χ3v) is 5.51. The molecular formula is C22H26BrF3. The lowest BCUT2D eigenvalue weighted by molar-refractivity contribution is -0.151. The lowest BCUT2D eigenvalue weighted by Gasteiger charge is -2.23. The van der Waals surface area contributed by atoms with E-state index in [0.29, 0.717) is 5.56 Å². The van der Waals surface area contributed by atoms with Gasteiger partial charge in [-0.3, -0.25) is 0 Å². The highest BCUT2D eigenvalue weighted by Crippen LogP contribution is 2.40. The number of hydrogen-bond donors (Lipinski definition) is 0. The molecule has 0 bridgehead atoms. The van der Waals surface area contributed by atoms with Gasteiger partial charge in [-0.25, -0.2) is 0 Å². The summed E-state index contributed by atoms with van der Waals surface area (Å²) in [6, 6.07) is 16.5. The molecule has 2 rings (SSSR count). The molecule has 0 N–H and O–H groups in total. The van der Waals surface area contributed by atoms with E-state index in [1.54, 1.807) is 24.3 Å². The van der Waals surface area contributed by atoms with Gasteiger partial charge in [0, 0.05) is 4.83 Å². The Morgan fingerprint density at radius 2 is 1.46 bits per heavy atom. The molecule has 0 aliphatic rings. The van der Waals surface area contributed by atoms with Gasteiger partial charge in [0.25, 0.3) is 0 Å². The van der Waals surface area contributed by atoms with Crippen molar-refractivity contribution < 1.29 is 13.2 Å². The average molecular weight is 427 g/mol. The first-order valence-electron chi connectivity index (χ1n) is 9.28. The van der Waals surface area contributed by atoms with E-state index in [0.717, 1.165) is 43.2 Å². The number of alkyl halides is 4. The Labute approximate surface area is 163 Å². The topological polar surface area (TPSA) is 0 Å². The van der Waals surface area contributed by atoms with Crippen molar-refractivity contribution >= 4 is 15.9 Å². The predicted molar refractivity (Wildman–Crippen MR) is 107 cm³/mol. The summed E-state index contributed by atoms with van der Waals surface area (Å²) in [6.45, 7) is 2.13. The van der Waals surface area contributed by atoms with Crippen LogP contribution in [0.15, 0.2) is 54.6 Å². The van der Waals surface area contributed by atoms with Gasteiger partial charge in [-0.2, -0.15) is 13.2 Å². The first-order chi connectivity index (χ1) is 12.4. The number of halogens is 4. The van der Waals surface area contributed by atoms with Gasteiger partial charge in [0.1, 0.15) is 0 Å². The van der Waals surface area contributed by atoms with Crippen molar-refractivity contribution in [2.45, 2.75) is 62.4 Å². The largest absolute Gasteiger partial charge is 0.395 e. The zero-order valence-electron chi connectivity index (χ0n) is 15.1. The van der Waals surface area contributed by atoms with Gasteiger partial charge in [0.05, 0.1) is 5.92 Å². The van der Waals surface area contributed by atoms with Gasteiger partial charge in [-0.05, 0) is 29.5 Å². The van der Waals surface area contributed by atoms with Crippen LogP contribution in [0.2, 0.25) is 0 Å². The summed E-state index contributed by atoms with van der Waals surface area (Å²) >= 11 is 3.47. The molecule has 0 heterocycles. The van der Waals surface area contributed by atoms with Crippen LogP contribution >= 0.6 is 15.9 Å². The fourth-order valence-electron chi connectivity index (χ4n) is 3.16. The number of benzene rings is 2. The van der Waals surface area contributed by atoms with Crippen LogP contribution in [0.5, 0.6) is 0 Å². The maximum atomic E-state index is 13.6. The van der Waals surface area contributed by atoms with E-state index >= 15 is 0 Å². The van der Waals surface area contributed by atoms with E-state index in [4.69, 9.17) is 0 Å². The summed E-state index contributed by atoms with van der Waals surface area (Å²) in [5.41, 5.74) is 2.29. The van der Waals surface area contributed by atoms with Gasteiger partial charge in [-0.1, -0.05) is 103 Å². The van der Waals surface area contributed by atoms with E-state index in [1.807, 2.05) is 30.3 Å². The molecule has 2 aromatic rings. The Kier molecular flexibility index (Phi) is 8.20. The normalized spacial score (nSPS) is 14.2. The fraction of sp³-hybridized carbons (Fsp3) is 0.455. The van der Waals surface area contributed by atoms with Crippen LogP contribution in [-0.2, 0) is 0 Å². The molecule has 26 heavy (non-hydrogen) atoms. The Balaban J connectivity index is 2.07. The van der Waals surface area contributed by atoms with Crippen molar-refractivity contribution in [1.29, 1.82) is 0 Å². The van der Waals surface area contributed by atoms with Gasteiger partial charge >= 0.3 is 6.18 Å². The summed E-state index contributed by atoms with van der Waals surface area (Å²) in [5.74, 6) is -1.43. The summed E-state index contributed by atoms with van der Waals surface area (Å²) < 4.78 is 40.8. The molecule has 0 saturated heterocycles. The quantitative estimate of drug-likeness (QED) is 0.280. The third-order valence-electron chi connectivity index (χ3n) is 4.68. The SMILES string of the molecule is CCCCCC[C@@H](Br)C[C@@H](c1ccc(-c2ccccc2)cc1)C(F)(F)F. The minimum Gasteiger partial charge on any atom is -0.170 e. The van der Waals surface area contributed by atoms with E-state index in [1.165, 1.54) is 0 Å². The highest BCUT2D eigenvalue weighted by atomic mass is 79.9. The van der Waals surface area contributed by atoms with Gasteiger partial charge in [0.15, 0.2) is 0 Å². The number of hydrogen-bond acceptors (Lipinski definition) is 0. The monoisotopic (exact) mass is 426 g/mol. The van der Waals surface area contributed by atoms with Gasteiger partial charge in [0.2, 0.25) is 0 Å². The lowest BCUT2D eigenvalue weighted by atomic mass is 9.91. The van der Waals surface area contributed by atoms with Crippen molar-refractivity contribution in [3.05, 3.63) is 60.2 Å². The molecule has 0 unspecified atom stereocenters. The minimum absolute atomic E-state index is 0.0836. The fourth-order valence-corrected chi connectivity index (χ4v) is 3.86. The third kappa shape index (κ3) is 6.46. The van der Waals surface area contributed by atoms with E-state index in [2.05, 4.69) is 22.9 Å². The molecule has 2 atom stereocenters. The second kappa shape index (κ2) is 10.1. The molecular weight excluding hydrogens is 401 g/mol. The van der Waals surface area contributed by atoms with Crippen molar-refractivity contribution in [3.63, 3.8) is 0 Å².